The summed E-state index contributed by atoms with van der Waals surface area (Å²) in [6.07, 6.45) is -6.47. The van der Waals surface area contributed by atoms with Gasteiger partial charge in [0.15, 0.2) is 0 Å². The number of benzene rings is 1. The third-order valence-corrected chi connectivity index (χ3v) is 2.44. The van der Waals surface area contributed by atoms with Crippen molar-refractivity contribution in [3.8, 4) is 0 Å². The summed E-state index contributed by atoms with van der Waals surface area (Å²) in [5.41, 5.74) is -2.70. The highest BCUT2D eigenvalue weighted by Crippen LogP contribution is 2.51. The van der Waals surface area contributed by atoms with Crippen molar-refractivity contribution >= 4 is 5.97 Å². The van der Waals surface area contributed by atoms with Crippen molar-refractivity contribution in [3.05, 3.63) is 34.9 Å². The minimum Gasteiger partial charge on any atom is -0.478 e. The van der Waals surface area contributed by atoms with Crippen molar-refractivity contribution in [1.29, 1.82) is 0 Å². The first-order valence-corrected chi connectivity index (χ1v) is 4.98. The Labute approximate surface area is 107 Å². The van der Waals surface area contributed by atoms with Crippen LogP contribution in [0.15, 0.2) is 18.2 Å². The van der Waals surface area contributed by atoms with Crippen LogP contribution in [0.5, 0.6) is 0 Å². The highest BCUT2D eigenvalue weighted by atomic mass is 19.4. The number of halogens is 7. The normalized spacial score (nSPS) is 13.4. The minimum atomic E-state index is -6.47. The van der Waals surface area contributed by atoms with Gasteiger partial charge in [0.25, 0.3) is 0 Å². The smallest absolute Gasteiger partial charge is 0.460 e. The number of hydrogen-bond donors (Lipinski definition) is 1. The summed E-state index contributed by atoms with van der Waals surface area (Å²) in [6.45, 7) is 1.09. The fraction of sp³-hybridized carbons (Fsp3) is 0.364. The summed E-state index contributed by atoms with van der Waals surface area (Å²) in [7, 11) is 0. The summed E-state index contributed by atoms with van der Waals surface area (Å²) < 4.78 is 88.5. The van der Waals surface area contributed by atoms with Gasteiger partial charge in [-0.2, -0.15) is 30.7 Å². The van der Waals surface area contributed by atoms with E-state index in [1.54, 1.807) is 0 Å². The van der Waals surface area contributed by atoms with Crippen LogP contribution in [-0.4, -0.2) is 23.2 Å². The molecule has 1 aromatic rings. The van der Waals surface area contributed by atoms with E-state index < -0.39 is 35.1 Å². The van der Waals surface area contributed by atoms with Gasteiger partial charge in [-0.3, -0.25) is 0 Å². The zero-order valence-corrected chi connectivity index (χ0v) is 9.73. The van der Waals surface area contributed by atoms with Gasteiger partial charge < -0.3 is 5.11 Å². The number of carboxylic acids is 1. The Morgan fingerprint density at radius 3 is 1.90 bits per heavy atom. The molecule has 1 aromatic carbocycles. The van der Waals surface area contributed by atoms with Gasteiger partial charge in [-0.1, -0.05) is 0 Å². The predicted octanol–water partition coefficient (Wildman–Crippen LogP) is 3.98. The van der Waals surface area contributed by atoms with Crippen LogP contribution >= 0.6 is 0 Å². The second kappa shape index (κ2) is 4.64. The summed E-state index contributed by atoms with van der Waals surface area (Å²) in [5, 5.41) is 8.61. The molecule has 0 spiro atoms. The average molecular weight is 304 g/mol. The molecule has 0 fully saturated rings. The van der Waals surface area contributed by atoms with Gasteiger partial charge in [-0.25, -0.2) is 4.79 Å². The molecule has 0 aliphatic rings. The second-order valence-electron chi connectivity index (χ2n) is 4.04. The third kappa shape index (κ3) is 2.56. The first-order chi connectivity index (χ1) is 8.80. The molecule has 2 nitrogen and oxygen atoms in total. The van der Waals surface area contributed by atoms with Gasteiger partial charge >= 0.3 is 24.0 Å². The van der Waals surface area contributed by atoms with E-state index in [0.717, 1.165) is 13.0 Å². The lowest BCUT2D eigenvalue weighted by Gasteiger charge is -2.28. The molecule has 0 heterocycles. The van der Waals surface area contributed by atoms with Gasteiger partial charge in [-0.05, 0) is 30.7 Å². The van der Waals surface area contributed by atoms with Crippen LogP contribution in [0.3, 0.4) is 0 Å². The van der Waals surface area contributed by atoms with Gasteiger partial charge in [0.05, 0.1) is 5.56 Å². The molecular weight excluding hydrogens is 297 g/mol. The Hall–Kier alpha value is -1.80. The highest BCUT2D eigenvalue weighted by Gasteiger charge is 2.73. The van der Waals surface area contributed by atoms with Crippen LogP contribution in [0.1, 0.15) is 21.5 Å². The Morgan fingerprint density at radius 2 is 1.50 bits per heavy atom. The zero-order chi connectivity index (χ0) is 15.9. The molecule has 0 aliphatic heterocycles. The van der Waals surface area contributed by atoms with Gasteiger partial charge in [0, 0.05) is 5.56 Å². The van der Waals surface area contributed by atoms with Crippen LogP contribution in [0.25, 0.3) is 0 Å². The van der Waals surface area contributed by atoms with Crippen molar-refractivity contribution in [2.75, 3.05) is 0 Å². The van der Waals surface area contributed by atoms with Crippen molar-refractivity contribution < 1.29 is 40.6 Å². The molecule has 0 atom stereocenters. The van der Waals surface area contributed by atoms with Gasteiger partial charge in [-0.15, -0.1) is 0 Å². The van der Waals surface area contributed by atoms with E-state index in [4.69, 9.17) is 5.11 Å². The number of alkyl halides is 7. The predicted molar refractivity (Wildman–Crippen MR) is 53.0 cm³/mol. The number of rotatable bonds is 3. The van der Waals surface area contributed by atoms with Gasteiger partial charge in [0.2, 0.25) is 0 Å². The zero-order valence-electron chi connectivity index (χ0n) is 9.73. The standard InChI is InChI=1S/C11H7F7O2/c1-5-2-6(8(19)20)4-7(3-5)9(12,13)10(14,15)11(16,17)18/h2-4H,1H3,(H,19,20). The summed E-state index contributed by atoms with van der Waals surface area (Å²) >= 11 is 0. The van der Waals surface area contributed by atoms with E-state index in [9.17, 15) is 35.5 Å². The molecule has 9 heteroatoms. The molecular formula is C11H7F7O2. The number of hydrogen-bond acceptors (Lipinski definition) is 1. The highest BCUT2D eigenvalue weighted by molar-refractivity contribution is 5.88. The first-order valence-electron chi connectivity index (χ1n) is 4.98. The van der Waals surface area contributed by atoms with Crippen LogP contribution in [0.4, 0.5) is 30.7 Å². The van der Waals surface area contributed by atoms with E-state index in [1.165, 1.54) is 0 Å². The van der Waals surface area contributed by atoms with Crippen LogP contribution < -0.4 is 0 Å². The van der Waals surface area contributed by atoms with E-state index in [2.05, 4.69) is 0 Å². The summed E-state index contributed by atoms with van der Waals surface area (Å²) in [5.74, 6) is -13.6. The molecule has 0 bridgehead atoms. The molecule has 0 radical (unpaired) electrons. The number of aromatic carboxylic acids is 1. The maximum absolute atomic E-state index is 13.4. The van der Waals surface area contributed by atoms with E-state index in [-0.39, 0.29) is 11.6 Å². The van der Waals surface area contributed by atoms with Crippen molar-refractivity contribution in [1.82, 2.24) is 0 Å². The first kappa shape index (κ1) is 16.3. The van der Waals surface area contributed by atoms with Gasteiger partial charge in [0.1, 0.15) is 0 Å². The lowest BCUT2D eigenvalue weighted by Crippen LogP contribution is -2.50. The molecule has 0 aromatic heterocycles. The largest absolute Gasteiger partial charge is 0.478 e. The van der Waals surface area contributed by atoms with E-state index in [0.29, 0.717) is 6.07 Å². The third-order valence-electron chi connectivity index (χ3n) is 2.44. The SMILES string of the molecule is Cc1cc(C(=O)O)cc(C(F)(F)C(F)(F)C(F)(F)F)c1. The van der Waals surface area contributed by atoms with Crippen molar-refractivity contribution in [2.24, 2.45) is 0 Å². The molecule has 0 unspecified atom stereocenters. The Morgan fingerprint density at radius 1 is 1.00 bits per heavy atom. The maximum atomic E-state index is 13.4. The quantitative estimate of drug-likeness (QED) is 0.858. The fourth-order valence-electron chi connectivity index (χ4n) is 1.45. The topological polar surface area (TPSA) is 37.3 Å². The molecule has 0 amide bonds. The fourth-order valence-corrected chi connectivity index (χ4v) is 1.45. The van der Waals surface area contributed by atoms with Crippen molar-refractivity contribution in [2.45, 2.75) is 24.9 Å². The molecule has 112 valence electrons. The van der Waals surface area contributed by atoms with E-state index >= 15 is 0 Å². The summed E-state index contributed by atoms with van der Waals surface area (Å²) in [4.78, 5) is 10.6. The Bertz CT molecular complexity index is 534. The lowest BCUT2D eigenvalue weighted by molar-refractivity contribution is -0.359. The lowest BCUT2D eigenvalue weighted by atomic mass is 9.97. The molecule has 1 rings (SSSR count). The molecule has 0 saturated heterocycles. The Kier molecular flexibility index (Phi) is 3.77. The average Bonchev–Trinajstić information content (AvgIpc) is 2.26. The number of carbonyl (C=O) groups is 1. The molecule has 0 aliphatic carbocycles. The summed E-state index contributed by atoms with van der Waals surface area (Å²) in [6, 6.07) is 1.34. The second-order valence-corrected chi connectivity index (χ2v) is 4.04. The molecule has 0 saturated carbocycles. The minimum absolute atomic E-state index is 0.0922. The molecule has 20 heavy (non-hydrogen) atoms. The number of carboxylic acid groups (broad SMARTS) is 1. The molecule has 1 N–H and O–H groups in total. The maximum Gasteiger partial charge on any atom is 0.460 e. The number of aryl methyl sites for hydroxylation is 1. The Balaban J connectivity index is 3.46. The van der Waals surface area contributed by atoms with Crippen LogP contribution in [-0.2, 0) is 5.92 Å². The monoisotopic (exact) mass is 304 g/mol. The van der Waals surface area contributed by atoms with Crippen LogP contribution in [0, 0.1) is 6.92 Å². The van der Waals surface area contributed by atoms with E-state index in [1.807, 2.05) is 0 Å². The van der Waals surface area contributed by atoms with Crippen molar-refractivity contribution in [3.63, 3.8) is 0 Å². The van der Waals surface area contributed by atoms with Crippen LogP contribution in [0.2, 0.25) is 0 Å².